The predicted molar refractivity (Wildman–Crippen MR) is 80.3 cm³/mol. The number of hydrogen-bond acceptors (Lipinski definition) is 1. The lowest BCUT2D eigenvalue weighted by Crippen LogP contribution is -2.31. The van der Waals surface area contributed by atoms with Crippen LogP contribution in [0, 0.1) is 11.3 Å². The van der Waals surface area contributed by atoms with E-state index in [1.54, 1.807) is 0 Å². The molecule has 0 atom stereocenters. The summed E-state index contributed by atoms with van der Waals surface area (Å²) in [5.74, 6) is 0.870. The first kappa shape index (κ1) is 13.7. The third kappa shape index (κ3) is 3.65. The van der Waals surface area contributed by atoms with Crippen molar-refractivity contribution in [3.63, 3.8) is 0 Å². The van der Waals surface area contributed by atoms with Gasteiger partial charge in [0.25, 0.3) is 0 Å². The Morgan fingerprint density at radius 3 is 2.33 bits per heavy atom. The maximum absolute atomic E-state index is 6.01. The maximum atomic E-state index is 6.01. The molecule has 1 nitrogen and oxygen atoms in total. The molecule has 0 amide bonds. The van der Waals surface area contributed by atoms with Crippen molar-refractivity contribution in [1.82, 2.24) is 0 Å². The second-order valence-electron chi connectivity index (χ2n) is 6.57. The zero-order chi connectivity index (χ0) is 13.2. The summed E-state index contributed by atoms with van der Waals surface area (Å²) in [5, 5.41) is 4.42. The Morgan fingerprint density at radius 1 is 1.11 bits per heavy atom. The molecule has 2 heteroatoms. The monoisotopic (exact) mass is 265 g/mol. The van der Waals surface area contributed by atoms with E-state index in [0.717, 1.165) is 16.6 Å². The molecule has 0 spiro atoms. The van der Waals surface area contributed by atoms with E-state index >= 15 is 0 Å². The van der Waals surface area contributed by atoms with Crippen molar-refractivity contribution in [2.45, 2.75) is 52.5 Å². The van der Waals surface area contributed by atoms with Crippen LogP contribution in [0.25, 0.3) is 0 Å². The molecular weight excluding hydrogens is 242 g/mol. The van der Waals surface area contributed by atoms with Crippen molar-refractivity contribution in [1.29, 1.82) is 0 Å². The Kier molecular flexibility index (Phi) is 4.21. The molecule has 1 aromatic rings. The summed E-state index contributed by atoms with van der Waals surface area (Å²) in [4.78, 5) is 0. The zero-order valence-corrected chi connectivity index (χ0v) is 12.4. The molecule has 0 unspecified atom stereocenters. The van der Waals surface area contributed by atoms with Crippen molar-refractivity contribution in [2.75, 3.05) is 5.32 Å². The Balaban J connectivity index is 1.87. The third-order valence-corrected chi connectivity index (χ3v) is 4.38. The molecular formula is C16H24ClN. The van der Waals surface area contributed by atoms with Gasteiger partial charge in [0.05, 0.1) is 0 Å². The first-order valence-electron chi connectivity index (χ1n) is 6.97. The number of nitrogens with one attached hydrogen (secondary N) is 1. The van der Waals surface area contributed by atoms with Crippen LogP contribution in [0.3, 0.4) is 0 Å². The molecule has 1 N–H and O–H groups in total. The Hall–Kier alpha value is -0.690. The summed E-state index contributed by atoms with van der Waals surface area (Å²) in [7, 11) is 0. The van der Waals surface area contributed by atoms with Gasteiger partial charge < -0.3 is 5.32 Å². The molecule has 0 heterocycles. The number of halogens is 1. The van der Waals surface area contributed by atoms with Crippen LogP contribution in [0.4, 0.5) is 5.69 Å². The van der Waals surface area contributed by atoms with E-state index in [-0.39, 0.29) is 0 Å². The lowest BCUT2D eigenvalue weighted by atomic mass is 9.71. The molecule has 100 valence electrons. The molecule has 0 aliphatic heterocycles. The van der Waals surface area contributed by atoms with Crippen LogP contribution in [0.2, 0.25) is 5.02 Å². The predicted octanol–water partition coefficient (Wildman–Crippen LogP) is 5.36. The van der Waals surface area contributed by atoms with E-state index in [1.165, 1.54) is 25.7 Å². The second-order valence-corrected chi connectivity index (χ2v) is 7.01. The van der Waals surface area contributed by atoms with Gasteiger partial charge in [0.2, 0.25) is 0 Å². The summed E-state index contributed by atoms with van der Waals surface area (Å²) in [5.41, 5.74) is 1.61. The van der Waals surface area contributed by atoms with Crippen LogP contribution in [0.1, 0.15) is 46.5 Å². The fourth-order valence-corrected chi connectivity index (χ4v) is 3.11. The molecule has 1 fully saturated rings. The highest BCUT2D eigenvalue weighted by Crippen LogP contribution is 2.38. The van der Waals surface area contributed by atoms with E-state index < -0.39 is 0 Å². The van der Waals surface area contributed by atoms with Crippen LogP contribution in [0.5, 0.6) is 0 Å². The van der Waals surface area contributed by atoms with Gasteiger partial charge in [-0.25, -0.2) is 0 Å². The fraction of sp³-hybridized carbons (Fsp3) is 0.625. The minimum Gasteiger partial charge on any atom is -0.382 e. The Bertz CT molecular complexity index is 386. The normalized spacial score (nSPS) is 24.9. The van der Waals surface area contributed by atoms with E-state index in [4.69, 9.17) is 11.6 Å². The van der Waals surface area contributed by atoms with Gasteiger partial charge >= 0.3 is 0 Å². The highest BCUT2D eigenvalue weighted by Gasteiger charge is 2.29. The van der Waals surface area contributed by atoms with Gasteiger partial charge in [-0.15, -0.1) is 0 Å². The molecule has 0 saturated heterocycles. The van der Waals surface area contributed by atoms with Crippen molar-refractivity contribution < 1.29 is 0 Å². The van der Waals surface area contributed by atoms with Crippen LogP contribution in [0.15, 0.2) is 24.3 Å². The standard InChI is InChI=1S/C16H24ClN/c1-16(2,3)12-7-9-14(10-8-12)18-15-6-4-5-13(17)11-15/h4-6,11-12,14,18H,7-10H2,1-3H3. The Morgan fingerprint density at radius 2 is 1.78 bits per heavy atom. The molecule has 1 saturated carbocycles. The quantitative estimate of drug-likeness (QED) is 0.759. The van der Waals surface area contributed by atoms with Gasteiger partial charge in [0, 0.05) is 16.8 Å². The minimum absolute atomic E-state index is 0.459. The van der Waals surface area contributed by atoms with E-state index in [0.29, 0.717) is 11.5 Å². The molecule has 1 aliphatic rings. The van der Waals surface area contributed by atoms with Crippen LogP contribution in [-0.4, -0.2) is 6.04 Å². The summed E-state index contributed by atoms with van der Waals surface area (Å²) in [6.07, 6.45) is 5.21. The first-order chi connectivity index (χ1) is 8.45. The van der Waals surface area contributed by atoms with Crippen molar-refractivity contribution >= 4 is 17.3 Å². The Labute approximate surface area is 116 Å². The summed E-state index contributed by atoms with van der Waals surface area (Å²) in [6.45, 7) is 7.09. The summed E-state index contributed by atoms with van der Waals surface area (Å²) >= 11 is 6.01. The van der Waals surface area contributed by atoms with Gasteiger partial charge in [-0.2, -0.15) is 0 Å². The number of anilines is 1. The van der Waals surface area contributed by atoms with Crippen molar-refractivity contribution in [3.8, 4) is 0 Å². The number of benzene rings is 1. The molecule has 0 bridgehead atoms. The maximum Gasteiger partial charge on any atom is 0.0426 e. The highest BCUT2D eigenvalue weighted by atomic mass is 35.5. The zero-order valence-electron chi connectivity index (χ0n) is 11.7. The average Bonchev–Trinajstić information content (AvgIpc) is 2.28. The van der Waals surface area contributed by atoms with Crippen LogP contribution in [-0.2, 0) is 0 Å². The van der Waals surface area contributed by atoms with Gasteiger partial charge in [-0.05, 0) is 55.2 Å². The second kappa shape index (κ2) is 5.52. The van der Waals surface area contributed by atoms with Crippen LogP contribution < -0.4 is 5.32 Å². The fourth-order valence-electron chi connectivity index (χ4n) is 2.92. The van der Waals surface area contributed by atoms with Crippen LogP contribution >= 0.6 is 11.6 Å². The average molecular weight is 266 g/mol. The van der Waals surface area contributed by atoms with Gasteiger partial charge in [-0.1, -0.05) is 38.4 Å². The van der Waals surface area contributed by atoms with Gasteiger partial charge in [0.15, 0.2) is 0 Å². The number of hydrogen-bond donors (Lipinski definition) is 1. The lowest BCUT2D eigenvalue weighted by molar-refractivity contribution is 0.173. The first-order valence-corrected chi connectivity index (χ1v) is 7.35. The van der Waals surface area contributed by atoms with Crippen molar-refractivity contribution in [2.24, 2.45) is 11.3 Å². The molecule has 18 heavy (non-hydrogen) atoms. The molecule has 1 aromatic carbocycles. The smallest absolute Gasteiger partial charge is 0.0426 e. The topological polar surface area (TPSA) is 12.0 Å². The minimum atomic E-state index is 0.459. The number of rotatable bonds is 2. The molecule has 0 radical (unpaired) electrons. The molecule has 0 aromatic heterocycles. The summed E-state index contributed by atoms with van der Waals surface area (Å²) in [6, 6.07) is 8.65. The van der Waals surface area contributed by atoms with E-state index in [9.17, 15) is 0 Å². The van der Waals surface area contributed by atoms with E-state index in [2.05, 4.69) is 32.2 Å². The highest BCUT2D eigenvalue weighted by molar-refractivity contribution is 6.30. The molecule has 1 aliphatic carbocycles. The van der Waals surface area contributed by atoms with E-state index in [1.807, 2.05) is 18.2 Å². The van der Waals surface area contributed by atoms with Gasteiger partial charge in [-0.3, -0.25) is 0 Å². The van der Waals surface area contributed by atoms with Crippen molar-refractivity contribution in [3.05, 3.63) is 29.3 Å². The third-order valence-electron chi connectivity index (χ3n) is 4.15. The molecule has 2 rings (SSSR count). The largest absolute Gasteiger partial charge is 0.382 e. The van der Waals surface area contributed by atoms with Gasteiger partial charge in [0.1, 0.15) is 0 Å². The lowest BCUT2D eigenvalue weighted by Gasteiger charge is -2.37. The SMILES string of the molecule is CC(C)(C)C1CCC(Nc2cccc(Cl)c2)CC1. The summed E-state index contributed by atoms with van der Waals surface area (Å²) < 4.78 is 0.